The number of pyridine rings is 1. The van der Waals surface area contributed by atoms with Crippen molar-refractivity contribution in [1.29, 1.82) is 0 Å². The normalized spacial score (nSPS) is 11.5. The summed E-state index contributed by atoms with van der Waals surface area (Å²) >= 11 is 0. The number of anilines is 1. The maximum Gasteiger partial charge on any atom is 0.416 e. The number of halogens is 3. The molecule has 112 valence electrons. The Kier molecular flexibility index (Phi) is 3.58. The van der Waals surface area contributed by atoms with E-state index in [-0.39, 0.29) is 23.2 Å². The van der Waals surface area contributed by atoms with Gasteiger partial charge in [-0.1, -0.05) is 0 Å². The fourth-order valence-corrected chi connectivity index (χ4v) is 1.61. The first-order chi connectivity index (χ1) is 9.68. The van der Waals surface area contributed by atoms with Crippen molar-refractivity contribution in [2.24, 2.45) is 0 Å². The molecule has 2 N–H and O–H groups in total. The number of nitrogens with zero attached hydrogens (tertiary/aromatic N) is 4. The molecule has 2 rings (SSSR count). The van der Waals surface area contributed by atoms with Crippen molar-refractivity contribution >= 4 is 11.7 Å². The monoisotopic (exact) mass is 299 g/mol. The zero-order valence-electron chi connectivity index (χ0n) is 11.2. The molecular formula is C12H12F3N5O. The third-order valence-corrected chi connectivity index (χ3v) is 2.61. The molecule has 2 aromatic rings. The van der Waals surface area contributed by atoms with Gasteiger partial charge >= 0.3 is 6.18 Å². The van der Waals surface area contributed by atoms with Gasteiger partial charge in [-0.3, -0.25) is 4.79 Å². The highest BCUT2D eigenvalue weighted by atomic mass is 19.4. The Morgan fingerprint density at radius 2 is 2.00 bits per heavy atom. The van der Waals surface area contributed by atoms with Gasteiger partial charge in [0.2, 0.25) is 0 Å². The average molecular weight is 299 g/mol. The third-order valence-electron chi connectivity index (χ3n) is 2.61. The van der Waals surface area contributed by atoms with Gasteiger partial charge in [0.15, 0.2) is 11.5 Å². The maximum absolute atomic E-state index is 12.7. The lowest BCUT2D eigenvalue weighted by molar-refractivity contribution is -0.137. The first-order valence-corrected chi connectivity index (χ1v) is 5.81. The summed E-state index contributed by atoms with van der Waals surface area (Å²) in [6.45, 7) is 0. The molecule has 0 unspecified atom stereocenters. The van der Waals surface area contributed by atoms with E-state index in [1.165, 1.54) is 17.2 Å². The highest BCUT2D eigenvalue weighted by Crippen LogP contribution is 2.31. The predicted molar refractivity (Wildman–Crippen MR) is 68.8 cm³/mol. The Morgan fingerprint density at radius 1 is 1.33 bits per heavy atom. The molecule has 0 radical (unpaired) electrons. The SMILES string of the molecule is CN(C)C(=O)c1ccn(-c2cc(C(F)(F)F)cc(N)n2)n1. The molecular weight excluding hydrogens is 287 g/mol. The third kappa shape index (κ3) is 3.12. The van der Waals surface area contributed by atoms with Crippen LogP contribution < -0.4 is 5.73 Å². The summed E-state index contributed by atoms with van der Waals surface area (Å²) in [5, 5.41) is 3.91. The van der Waals surface area contributed by atoms with E-state index >= 15 is 0 Å². The second-order valence-corrected chi connectivity index (χ2v) is 4.48. The summed E-state index contributed by atoms with van der Waals surface area (Å²) in [5.41, 5.74) is 4.55. The van der Waals surface area contributed by atoms with Crippen LogP contribution in [0.4, 0.5) is 19.0 Å². The molecule has 6 nitrogen and oxygen atoms in total. The summed E-state index contributed by atoms with van der Waals surface area (Å²) < 4.78 is 39.3. The van der Waals surface area contributed by atoms with Crippen LogP contribution in [0.25, 0.3) is 5.82 Å². The zero-order valence-corrected chi connectivity index (χ0v) is 11.2. The Balaban J connectivity index is 2.43. The Labute approximate surface area is 118 Å². The molecule has 2 heterocycles. The minimum absolute atomic E-state index is 0.0952. The fraction of sp³-hybridized carbons (Fsp3) is 0.250. The molecule has 0 atom stereocenters. The highest BCUT2D eigenvalue weighted by molar-refractivity contribution is 5.91. The maximum atomic E-state index is 12.7. The molecule has 0 saturated carbocycles. The molecule has 0 aliphatic heterocycles. The van der Waals surface area contributed by atoms with Crippen molar-refractivity contribution in [3.8, 4) is 5.82 Å². The summed E-state index contributed by atoms with van der Waals surface area (Å²) in [5.74, 6) is -0.760. The summed E-state index contributed by atoms with van der Waals surface area (Å²) in [7, 11) is 3.09. The quantitative estimate of drug-likeness (QED) is 0.913. The number of nitrogens with two attached hydrogens (primary N) is 1. The van der Waals surface area contributed by atoms with Crippen LogP contribution in [0.1, 0.15) is 16.1 Å². The molecule has 9 heteroatoms. The standard InChI is InChI=1S/C12H12F3N5O/c1-19(2)11(21)8-3-4-20(18-8)10-6-7(12(13,14)15)5-9(16)17-10/h3-6H,1-2H3,(H2,16,17). The van der Waals surface area contributed by atoms with Gasteiger partial charge in [0, 0.05) is 20.3 Å². The van der Waals surface area contributed by atoms with Crippen molar-refractivity contribution in [3.63, 3.8) is 0 Å². The van der Waals surface area contributed by atoms with E-state index in [0.717, 1.165) is 16.8 Å². The molecule has 0 bridgehead atoms. The van der Waals surface area contributed by atoms with E-state index in [2.05, 4.69) is 10.1 Å². The van der Waals surface area contributed by atoms with Gasteiger partial charge in [-0.05, 0) is 18.2 Å². The lowest BCUT2D eigenvalue weighted by Gasteiger charge is -2.10. The summed E-state index contributed by atoms with van der Waals surface area (Å²) in [6.07, 6.45) is -3.19. The molecule has 0 fully saturated rings. The van der Waals surface area contributed by atoms with Crippen LogP contribution in [0.2, 0.25) is 0 Å². The molecule has 0 saturated heterocycles. The Hall–Kier alpha value is -2.58. The van der Waals surface area contributed by atoms with Crippen molar-refractivity contribution in [2.45, 2.75) is 6.18 Å². The van der Waals surface area contributed by atoms with E-state index in [1.54, 1.807) is 14.1 Å². The number of alkyl halides is 3. The number of hydrogen-bond acceptors (Lipinski definition) is 4. The topological polar surface area (TPSA) is 77.0 Å². The second kappa shape index (κ2) is 5.08. The highest BCUT2D eigenvalue weighted by Gasteiger charge is 2.31. The van der Waals surface area contributed by atoms with Crippen molar-refractivity contribution < 1.29 is 18.0 Å². The van der Waals surface area contributed by atoms with Gasteiger partial charge in [-0.25, -0.2) is 9.67 Å². The van der Waals surface area contributed by atoms with Crippen molar-refractivity contribution in [1.82, 2.24) is 19.7 Å². The van der Waals surface area contributed by atoms with E-state index in [4.69, 9.17) is 5.73 Å². The molecule has 2 aromatic heterocycles. The van der Waals surface area contributed by atoms with Gasteiger partial charge < -0.3 is 10.6 Å². The van der Waals surface area contributed by atoms with Crippen LogP contribution in [0.15, 0.2) is 24.4 Å². The van der Waals surface area contributed by atoms with Gasteiger partial charge in [0.05, 0.1) is 5.56 Å². The number of carbonyl (C=O) groups is 1. The largest absolute Gasteiger partial charge is 0.416 e. The van der Waals surface area contributed by atoms with Gasteiger partial charge in [0.25, 0.3) is 5.91 Å². The van der Waals surface area contributed by atoms with Crippen LogP contribution in [-0.2, 0) is 6.18 Å². The number of nitrogen functional groups attached to an aromatic ring is 1. The lowest BCUT2D eigenvalue weighted by Crippen LogP contribution is -2.22. The van der Waals surface area contributed by atoms with Crippen LogP contribution >= 0.6 is 0 Å². The first-order valence-electron chi connectivity index (χ1n) is 5.81. The van der Waals surface area contributed by atoms with E-state index in [9.17, 15) is 18.0 Å². The Bertz CT molecular complexity index is 678. The number of aromatic nitrogens is 3. The number of rotatable bonds is 2. The second-order valence-electron chi connectivity index (χ2n) is 4.48. The molecule has 0 spiro atoms. The van der Waals surface area contributed by atoms with E-state index in [1.807, 2.05) is 0 Å². The van der Waals surface area contributed by atoms with Crippen LogP contribution in [0, 0.1) is 0 Å². The smallest absolute Gasteiger partial charge is 0.384 e. The van der Waals surface area contributed by atoms with Crippen molar-refractivity contribution in [2.75, 3.05) is 19.8 Å². The molecule has 0 aliphatic carbocycles. The van der Waals surface area contributed by atoms with Gasteiger partial charge in [0.1, 0.15) is 5.82 Å². The Morgan fingerprint density at radius 3 is 2.57 bits per heavy atom. The van der Waals surface area contributed by atoms with Crippen LogP contribution in [0.3, 0.4) is 0 Å². The number of carbonyl (C=O) groups excluding carboxylic acids is 1. The van der Waals surface area contributed by atoms with Crippen molar-refractivity contribution in [3.05, 3.63) is 35.7 Å². The average Bonchev–Trinajstić information content (AvgIpc) is 2.85. The van der Waals surface area contributed by atoms with Crippen LogP contribution in [-0.4, -0.2) is 39.7 Å². The minimum atomic E-state index is -4.54. The first kappa shape index (κ1) is 14.8. The molecule has 0 aliphatic rings. The van der Waals surface area contributed by atoms with Gasteiger partial charge in [-0.2, -0.15) is 18.3 Å². The van der Waals surface area contributed by atoms with E-state index in [0.29, 0.717) is 0 Å². The number of amides is 1. The molecule has 21 heavy (non-hydrogen) atoms. The summed E-state index contributed by atoms with van der Waals surface area (Å²) in [4.78, 5) is 16.8. The zero-order chi connectivity index (χ0) is 15.8. The van der Waals surface area contributed by atoms with E-state index < -0.39 is 11.7 Å². The minimum Gasteiger partial charge on any atom is -0.384 e. The molecule has 0 aromatic carbocycles. The fourth-order valence-electron chi connectivity index (χ4n) is 1.61. The number of hydrogen-bond donors (Lipinski definition) is 1. The molecule has 1 amide bonds. The van der Waals surface area contributed by atoms with Crippen LogP contribution in [0.5, 0.6) is 0 Å². The lowest BCUT2D eigenvalue weighted by atomic mass is 10.2. The summed E-state index contributed by atoms with van der Waals surface area (Å²) in [6, 6.07) is 2.94. The van der Waals surface area contributed by atoms with Gasteiger partial charge in [-0.15, -0.1) is 0 Å². The predicted octanol–water partition coefficient (Wildman–Crippen LogP) is 1.57.